The van der Waals surface area contributed by atoms with E-state index in [-0.39, 0.29) is 18.1 Å². The van der Waals surface area contributed by atoms with Crippen LogP contribution >= 0.6 is 0 Å². The van der Waals surface area contributed by atoms with Crippen LogP contribution < -0.4 is 5.32 Å². The van der Waals surface area contributed by atoms with Gasteiger partial charge in [0.15, 0.2) is 0 Å². The number of hydrogen-bond donors (Lipinski definition) is 2. The minimum absolute atomic E-state index is 0.216. The van der Waals surface area contributed by atoms with Gasteiger partial charge in [-0.15, -0.1) is 0 Å². The number of nitrogens with one attached hydrogen (secondary N) is 1. The molecule has 0 aliphatic rings. The number of hydrogen-bond acceptors (Lipinski definition) is 3. The Morgan fingerprint density at radius 2 is 2.05 bits per heavy atom. The molecular formula is C14H15N3O3. The summed E-state index contributed by atoms with van der Waals surface area (Å²) < 4.78 is 1.16. The van der Waals surface area contributed by atoms with Crippen molar-refractivity contribution in [3.05, 3.63) is 47.3 Å². The van der Waals surface area contributed by atoms with Gasteiger partial charge in [-0.3, -0.25) is 9.59 Å². The Balaban J connectivity index is 2.22. The third-order valence-corrected chi connectivity index (χ3v) is 3.09. The van der Waals surface area contributed by atoms with Crippen LogP contribution in [0, 0.1) is 13.8 Å². The number of nitrogens with zero attached hydrogens (tertiary/aromatic N) is 2. The summed E-state index contributed by atoms with van der Waals surface area (Å²) in [5.41, 5.74) is 2.97. The van der Waals surface area contributed by atoms with Crippen molar-refractivity contribution < 1.29 is 14.7 Å². The lowest BCUT2D eigenvalue weighted by Gasteiger charge is -2.10. The maximum Gasteiger partial charge on any atom is 0.325 e. The summed E-state index contributed by atoms with van der Waals surface area (Å²) >= 11 is 0. The molecule has 1 amide bonds. The highest BCUT2D eigenvalue weighted by molar-refractivity contribution is 6.03. The summed E-state index contributed by atoms with van der Waals surface area (Å²) in [4.78, 5) is 22.9. The lowest BCUT2D eigenvalue weighted by molar-refractivity contribution is -0.137. The highest BCUT2D eigenvalue weighted by Crippen LogP contribution is 2.18. The van der Waals surface area contributed by atoms with E-state index in [0.29, 0.717) is 5.69 Å². The van der Waals surface area contributed by atoms with Gasteiger partial charge in [0.05, 0.1) is 0 Å². The minimum atomic E-state index is -1.05. The van der Waals surface area contributed by atoms with Crippen molar-refractivity contribution in [2.45, 2.75) is 20.4 Å². The Hall–Kier alpha value is -2.63. The van der Waals surface area contributed by atoms with Gasteiger partial charge in [-0.1, -0.05) is 12.1 Å². The third-order valence-electron chi connectivity index (χ3n) is 3.09. The lowest BCUT2D eigenvalue weighted by atomic mass is 10.1. The maximum absolute atomic E-state index is 12.2. The van der Waals surface area contributed by atoms with Crippen LogP contribution in [0.5, 0.6) is 0 Å². The van der Waals surface area contributed by atoms with Gasteiger partial charge in [0.2, 0.25) is 0 Å². The monoisotopic (exact) mass is 273 g/mol. The molecule has 0 aliphatic carbocycles. The number of anilines is 1. The zero-order valence-electron chi connectivity index (χ0n) is 11.3. The topological polar surface area (TPSA) is 84.2 Å². The van der Waals surface area contributed by atoms with Crippen molar-refractivity contribution in [2.24, 2.45) is 0 Å². The van der Waals surface area contributed by atoms with Crippen LogP contribution in [0.4, 0.5) is 5.69 Å². The first-order valence-corrected chi connectivity index (χ1v) is 6.10. The number of carbonyl (C=O) groups is 2. The molecule has 0 saturated carbocycles. The molecule has 104 valence electrons. The summed E-state index contributed by atoms with van der Waals surface area (Å²) in [6, 6.07) is 7.10. The molecule has 0 radical (unpaired) electrons. The van der Waals surface area contributed by atoms with Crippen molar-refractivity contribution in [2.75, 3.05) is 5.32 Å². The van der Waals surface area contributed by atoms with E-state index in [1.807, 2.05) is 26.0 Å². The lowest BCUT2D eigenvalue weighted by Crippen LogP contribution is -2.21. The van der Waals surface area contributed by atoms with Crippen LogP contribution in [0.15, 0.2) is 30.5 Å². The summed E-state index contributed by atoms with van der Waals surface area (Å²) in [6.07, 6.45) is 1.40. The molecular weight excluding hydrogens is 258 g/mol. The number of carbonyl (C=O) groups excluding carboxylic acids is 1. The fourth-order valence-electron chi connectivity index (χ4n) is 1.85. The van der Waals surface area contributed by atoms with Crippen LogP contribution in [0.1, 0.15) is 21.6 Å². The smallest absolute Gasteiger partial charge is 0.325 e. The van der Waals surface area contributed by atoms with Crippen molar-refractivity contribution in [1.82, 2.24) is 9.78 Å². The number of carboxylic acid groups (broad SMARTS) is 1. The van der Waals surface area contributed by atoms with Crippen molar-refractivity contribution in [3.63, 3.8) is 0 Å². The molecule has 2 aromatic rings. The molecule has 0 fully saturated rings. The molecule has 0 spiro atoms. The van der Waals surface area contributed by atoms with E-state index >= 15 is 0 Å². The Bertz CT molecular complexity index is 661. The van der Waals surface area contributed by atoms with Gasteiger partial charge in [-0.05, 0) is 37.1 Å². The number of rotatable bonds is 4. The molecule has 1 heterocycles. The van der Waals surface area contributed by atoms with Crippen molar-refractivity contribution >= 4 is 17.6 Å². The number of aryl methyl sites for hydroxylation is 1. The van der Waals surface area contributed by atoms with Crippen LogP contribution in [-0.2, 0) is 11.3 Å². The fraction of sp³-hybridized carbons (Fsp3) is 0.214. The normalized spacial score (nSPS) is 10.3. The van der Waals surface area contributed by atoms with Crippen LogP contribution in [0.2, 0.25) is 0 Å². The average Bonchev–Trinajstić information content (AvgIpc) is 2.82. The van der Waals surface area contributed by atoms with Gasteiger partial charge >= 0.3 is 5.97 Å². The number of carboxylic acids is 1. The van der Waals surface area contributed by atoms with Gasteiger partial charge in [0.25, 0.3) is 5.91 Å². The quantitative estimate of drug-likeness (QED) is 0.890. The molecule has 0 atom stereocenters. The first-order valence-electron chi connectivity index (χ1n) is 6.10. The molecule has 1 aromatic heterocycles. The standard InChI is InChI=1S/C14H15N3O3/c1-9-4-3-5-11(10(9)2)16-14(20)12-6-7-15-17(12)8-13(18)19/h3-7H,8H2,1-2H3,(H,16,20)(H,18,19). The largest absolute Gasteiger partial charge is 0.480 e. The van der Waals surface area contributed by atoms with Crippen molar-refractivity contribution in [1.29, 1.82) is 0 Å². The Morgan fingerprint density at radius 3 is 2.75 bits per heavy atom. The van der Waals surface area contributed by atoms with Gasteiger partial charge in [-0.25, -0.2) is 4.68 Å². The molecule has 2 N–H and O–H groups in total. The van der Waals surface area contributed by atoms with Crippen LogP contribution in [0.3, 0.4) is 0 Å². The van der Waals surface area contributed by atoms with Crippen LogP contribution in [0.25, 0.3) is 0 Å². The molecule has 6 heteroatoms. The number of benzene rings is 1. The number of aromatic nitrogens is 2. The van der Waals surface area contributed by atoms with E-state index in [2.05, 4.69) is 10.4 Å². The molecule has 0 unspecified atom stereocenters. The molecule has 0 aliphatic heterocycles. The van der Waals surface area contributed by atoms with E-state index in [4.69, 9.17) is 5.11 Å². The van der Waals surface area contributed by atoms with Gasteiger partial charge in [0.1, 0.15) is 12.2 Å². The highest BCUT2D eigenvalue weighted by Gasteiger charge is 2.15. The second-order valence-electron chi connectivity index (χ2n) is 4.47. The van der Waals surface area contributed by atoms with E-state index in [1.54, 1.807) is 6.07 Å². The molecule has 1 aromatic carbocycles. The molecule has 20 heavy (non-hydrogen) atoms. The Labute approximate surface area is 116 Å². The summed E-state index contributed by atoms with van der Waals surface area (Å²) in [7, 11) is 0. The third kappa shape index (κ3) is 2.85. The second kappa shape index (κ2) is 5.56. The SMILES string of the molecule is Cc1cccc(NC(=O)c2ccnn2CC(=O)O)c1C. The first-order chi connectivity index (χ1) is 9.49. The second-order valence-corrected chi connectivity index (χ2v) is 4.47. The number of amides is 1. The van der Waals surface area contributed by atoms with Gasteiger partial charge in [0, 0.05) is 11.9 Å². The average molecular weight is 273 g/mol. The minimum Gasteiger partial charge on any atom is -0.480 e. The van der Waals surface area contributed by atoms with E-state index in [0.717, 1.165) is 15.8 Å². The van der Waals surface area contributed by atoms with Crippen LogP contribution in [-0.4, -0.2) is 26.8 Å². The highest BCUT2D eigenvalue weighted by atomic mass is 16.4. The summed E-state index contributed by atoms with van der Waals surface area (Å²) in [5, 5.41) is 15.4. The Kier molecular flexibility index (Phi) is 3.84. The Morgan fingerprint density at radius 1 is 1.30 bits per heavy atom. The maximum atomic E-state index is 12.2. The zero-order valence-corrected chi connectivity index (χ0v) is 11.3. The molecule has 6 nitrogen and oxygen atoms in total. The van der Waals surface area contributed by atoms with Gasteiger partial charge in [-0.2, -0.15) is 5.10 Å². The van der Waals surface area contributed by atoms with Gasteiger partial charge < -0.3 is 10.4 Å². The zero-order chi connectivity index (χ0) is 14.7. The van der Waals surface area contributed by atoms with E-state index in [9.17, 15) is 9.59 Å². The predicted molar refractivity (Wildman–Crippen MR) is 73.7 cm³/mol. The van der Waals surface area contributed by atoms with E-state index in [1.165, 1.54) is 12.3 Å². The first kappa shape index (κ1) is 13.8. The summed E-state index contributed by atoms with van der Waals surface area (Å²) in [6.45, 7) is 3.53. The number of aliphatic carboxylic acids is 1. The molecule has 2 rings (SSSR count). The fourth-order valence-corrected chi connectivity index (χ4v) is 1.85. The molecule has 0 saturated heterocycles. The predicted octanol–water partition coefficient (Wildman–Crippen LogP) is 1.84. The van der Waals surface area contributed by atoms with E-state index < -0.39 is 5.97 Å². The summed E-state index contributed by atoms with van der Waals surface area (Å²) in [5.74, 6) is -1.42. The van der Waals surface area contributed by atoms with Crippen molar-refractivity contribution in [3.8, 4) is 0 Å². The molecule has 0 bridgehead atoms.